The zero-order valence-electron chi connectivity index (χ0n) is 26.5. The number of methoxy groups -OCH3 is 2. The molecule has 1 atom stereocenters. The van der Waals surface area contributed by atoms with Gasteiger partial charge in [-0.1, -0.05) is 59.6 Å². The number of benzene rings is 2. The number of nitrogens with zero attached hydrogens (tertiary/aromatic N) is 3. The molecule has 0 saturated carbocycles. The molecule has 1 unspecified atom stereocenters. The first kappa shape index (κ1) is 37.7. The highest BCUT2D eigenvalue weighted by Crippen LogP contribution is 2.46. The summed E-state index contributed by atoms with van der Waals surface area (Å²) in [6, 6.07) is 14.7. The molecule has 2 aromatic carbocycles. The quantitative estimate of drug-likeness (QED) is 0.130. The number of guanidine groups is 1. The minimum Gasteiger partial charge on any atom is -0.466 e. The molecule has 5 N–H and O–H groups in total. The van der Waals surface area contributed by atoms with Crippen LogP contribution in [-0.4, -0.2) is 87.1 Å². The Balaban J connectivity index is 0.00000600. The number of nitrogens with one attached hydrogen (secondary N) is 1. The summed E-state index contributed by atoms with van der Waals surface area (Å²) < 4.78 is 10.5. The Kier molecular flexibility index (Phi) is 14.4. The standard InChI is InChI=1S/C33H40Cl2N6O5.ClH/c1-45-31(43)28-24(13-12-21-8-4-3-5-9-21)39-25(29(32(44)46-2)30(28)27-22(34)10-6-11-23(27)35)20-26(42)41-18-16-40(17-19-41)15-7-14-38-33(36)37;/h3-6,8-11,30,39H,7,12-20H2,1-2H3,(H4,36,37,38);1H. The number of hydrogen-bond donors (Lipinski definition) is 3. The molecule has 47 heavy (non-hydrogen) atoms. The van der Waals surface area contributed by atoms with Gasteiger partial charge in [0.1, 0.15) is 0 Å². The summed E-state index contributed by atoms with van der Waals surface area (Å²) >= 11 is 13.4. The van der Waals surface area contributed by atoms with Crippen molar-refractivity contribution in [3.8, 4) is 0 Å². The van der Waals surface area contributed by atoms with E-state index in [9.17, 15) is 14.4 Å². The van der Waals surface area contributed by atoms with Gasteiger partial charge in [0.15, 0.2) is 5.96 Å². The first-order chi connectivity index (χ1) is 22.1. The lowest BCUT2D eigenvalue weighted by Crippen LogP contribution is -2.49. The van der Waals surface area contributed by atoms with E-state index in [4.69, 9.17) is 44.1 Å². The van der Waals surface area contributed by atoms with E-state index >= 15 is 0 Å². The first-order valence-electron chi connectivity index (χ1n) is 15.1. The Hall–Kier alpha value is -3.77. The zero-order chi connectivity index (χ0) is 33.2. The summed E-state index contributed by atoms with van der Waals surface area (Å²) in [7, 11) is 2.52. The SMILES string of the molecule is COC(=O)C1=C(CCc2ccccc2)NC(CC(=O)N2CCN(CCCN=C(N)N)CC2)=C(C(=O)OC)C1c1c(Cl)cccc1Cl.Cl. The number of nitrogens with two attached hydrogens (primary N) is 2. The minimum absolute atomic E-state index is 0. The molecule has 1 amide bonds. The molecular weight excluding hydrogens is 667 g/mol. The van der Waals surface area contributed by atoms with Gasteiger partial charge in [-0.15, -0.1) is 12.4 Å². The number of aryl methyl sites for hydroxylation is 1. The molecule has 0 radical (unpaired) electrons. The molecule has 0 spiro atoms. The second kappa shape index (κ2) is 18.0. The molecule has 1 saturated heterocycles. The second-order valence-corrected chi connectivity index (χ2v) is 11.8. The number of allylic oxidation sites excluding steroid dienone is 1. The zero-order valence-corrected chi connectivity index (χ0v) is 28.8. The summed E-state index contributed by atoms with van der Waals surface area (Å²) in [6.07, 6.45) is 1.64. The van der Waals surface area contributed by atoms with Gasteiger partial charge in [0.05, 0.1) is 37.7 Å². The molecule has 4 rings (SSSR count). The number of ether oxygens (including phenoxy) is 2. The van der Waals surface area contributed by atoms with Crippen LogP contribution in [0.1, 0.15) is 36.3 Å². The number of amides is 1. The Morgan fingerprint density at radius 1 is 0.872 bits per heavy atom. The third-order valence-electron chi connectivity index (χ3n) is 8.11. The number of esters is 2. The molecule has 254 valence electrons. The summed E-state index contributed by atoms with van der Waals surface area (Å²) in [5.41, 5.74) is 13.3. The molecule has 0 aliphatic carbocycles. The van der Waals surface area contributed by atoms with Crippen molar-refractivity contribution in [3.05, 3.63) is 92.2 Å². The first-order valence-corrected chi connectivity index (χ1v) is 15.8. The molecule has 1 fully saturated rings. The smallest absolute Gasteiger partial charge is 0.336 e. The molecule has 0 bridgehead atoms. The normalized spacial score (nSPS) is 16.6. The number of carbonyl (C=O) groups excluding carboxylic acids is 3. The van der Waals surface area contributed by atoms with Crippen molar-refractivity contribution in [2.24, 2.45) is 16.5 Å². The number of aliphatic imine (C=N–C) groups is 1. The van der Waals surface area contributed by atoms with Crippen LogP contribution in [0.25, 0.3) is 0 Å². The Morgan fingerprint density at radius 3 is 2.04 bits per heavy atom. The van der Waals surface area contributed by atoms with Crippen LogP contribution < -0.4 is 16.8 Å². The number of hydrogen-bond acceptors (Lipinski definition) is 8. The number of dihydropyridines is 1. The average molecular weight is 708 g/mol. The maximum absolute atomic E-state index is 13.8. The minimum atomic E-state index is -1.04. The van der Waals surface area contributed by atoms with Gasteiger partial charge in [-0.3, -0.25) is 14.7 Å². The average Bonchev–Trinajstić information content (AvgIpc) is 3.05. The highest BCUT2D eigenvalue weighted by atomic mass is 35.5. The predicted octanol–water partition coefficient (Wildman–Crippen LogP) is 3.79. The van der Waals surface area contributed by atoms with Gasteiger partial charge in [-0.05, 0) is 37.0 Å². The van der Waals surface area contributed by atoms with Crippen molar-refractivity contribution in [3.63, 3.8) is 0 Å². The summed E-state index contributed by atoms with van der Waals surface area (Å²) in [5.74, 6) is -2.51. The van der Waals surface area contributed by atoms with Crippen molar-refractivity contribution in [2.75, 3.05) is 53.5 Å². The molecule has 11 nitrogen and oxygen atoms in total. The van der Waals surface area contributed by atoms with Crippen molar-refractivity contribution < 1.29 is 23.9 Å². The molecule has 2 aliphatic heterocycles. The predicted molar refractivity (Wildman–Crippen MR) is 185 cm³/mol. The lowest BCUT2D eigenvalue weighted by atomic mass is 9.78. The molecule has 2 heterocycles. The largest absolute Gasteiger partial charge is 0.466 e. The molecule has 14 heteroatoms. The van der Waals surface area contributed by atoms with Crippen LogP contribution in [0, 0.1) is 0 Å². The van der Waals surface area contributed by atoms with Crippen LogP contribution >= 0.6 is 35.6 Å². The molecular formula is C33H41Cl3N6O5. The molecule has 2 aliphatic rings. The monoisotopic (exact) mass is 706 g/mol. The Bertz CT molecular complexity index is 1500. The van der Waals surface area contributed by atoms with Gasteiger partial charge in [0.2, 0.25) is 5.91 Å². The summed E-state index contributed by atoms with van der Waals surface area (Å²) in [5, 5.41) is 3.81. The van der Waals surface area contributed by atoms with Crippen LogP contribution in [0.5, 0.6) is 0 Å². The van der Waals surface area contributed by atoms with Gasteiger partial charge in [-0.25, -0.2) is 9.59 Å². The number of rotatable bonds is 12. The van der Waals surface area contributed by atoms with E-state index in [1.807, 2.05) is 30.3 Å². The van der Waals surface area contributed by atoms with Crippen LogP contribution in [0.4, 0.5) is 0 Å². The fourth-order valence-corrected chi connectivity index (χ4v) is 6.44. The van der Waals surface area contributed by atoms with Crippen LogP contribution in [0.3, 0.4) is 0 Å². The van der Waals surface area contributed by atoms with Gasteiger partial charge in [0, 0.05) is 66.3 Å². The van der Waals surface area contributed by atoms with Gasteiger partial charge in [-0.2, -0.15) is 0 Å². The van der Waals surface area contributed by atoms with Gasteiger partial charge in [0.25, 0.3) is 0 Å². The van der Waals surface area contributed by atoms with E-state index in [0.29, 0.717) is 62.5 Å². The highest BCUT2D eigenvalue weighted by Gasteiger charge is 2.42. The maximum Gasteiger partial charge on any atom is 0.336 e. The number of piperazine rings is 1. The third kappa shape index (κ3) is 9.63. The third-order valence-corrected chi connectivity index (χ3v) is 8.77. The maximum atomic E-state index is 13.8. The Labute approximate surface area is 291 Å². The van der Waals surface area contributed by atoms with Crippen molar-refractivity contribution >= 4 is 59.4 Å². The molecule has 2 aromatic rings. The fourth-order valence-electron chi connectivity index (χ4n) is 5.82. The second-order valence-electron chi connectivity index (χ2n) is 11.0. The van der Waals surface area contributed by atoms with E-state index in [1.54, 1.807) is 23.1 Å². The van der Waals surface area contributed by atoms with E-state index in [1.165, 1.54) is 14.2 Å². The van der Waals surface area contributed by atoms with E-state index in [2.05, 4.69) is 15.2 Å². The van der Waals surface area contributed by atoms with Crippen molar-refractivity contribution in [1.29, 1.82) is 0 Å². The van der Waals surface area contributed by atoms with Crippen molar-refractivity contribution in [1.82, 2.24) is 15.1 Å². The van der Waals surface area contributed by atoms with Crippen molar-refractivity contribution in [2.45, 2.75) is 31.6 Å². The summed E-state index contributed by atoms with van der Waals surface area (Å²) in [4.78, 5) is 48.9. The lowest BCUT2D eigenvalue weighted by molar-refractivity contribution is -0.137. The van der Waals surface area contributed by atoms with E-state index < -0.39 is 17.9 Å². The topological polar surface area (TPSA) is 153 Å². The fraction of sp³-hybridized carbons (Fsp3) is 0.394. The highest BCUT2D eigenvalue weighted by molar-refractivity contribution is 6.36. The van der Waals surface area contributed by atoms with Crippen LogP contribution in [0.2, 0.25) is 10.0 Å². The number of halogens is 3. The summed E-state index contributed by atoms with van der Waals surface area (Å²) in [6.45, 7) is 3.77. The number of carbonyl (C=O) groups is 3. The van der Waals surface area contributed by atoms with Gasteiger partial charge >= 0.3 is 11.9 Å². The Morgan fingerprint density at radius 2 is 1.47 bits per heavy atom. The van der Waals surface area contributed by atoms with Crippen LogP contribution in [0.15, 0.2) is 76.1 Å². The van der Waals surface area contributed by atoms with E-state index in [0.717, 1.165) is 18.5 Å². The molecule has 0 aromatic heterocycles. The van der Waals surface area contributed by atoms with Gasteiger partial charge < -0.3 is 31.2 Å². The lowest BCUT2D eigenvalue weighted by Gasteiger charge is -2.36. The van der Waals surface area contributed by atoms with Crippen LogP contribution in [-0.2, 0) is 30.3 Å². The van der Waals surface area contributed by atoms with E-state index in [-0.39, 0.29) is 51.9 Å².